The molecular weight excluding hydrogens is 231 g/mol. The second-order valence-electron chi connectivity index (χ2n) is 3.47. The fourth-order valence-electron chi connectivity index (χ4n) is 1.16. The molecule has 0 aromatic heterocycles. The zero-order valence-corrected chi connectivity index (χ0v) is 9.88. The van der Waals surface area contributed by atoms with Gasteiger partial charge in [-0.2, -0.15) is 0 Å². The van der Waals surface area contributed by atoms with Crippen molar-refractivity contribution in [3.63, 3.8) is 0 Å². The summed E-state index contributed by atoms with van der Waals surface area (Å²) in [6.07, 6.45) is 0.642. The summed E-state index contributed by atoms with van der Waals surface area (Å²) in [6, 6.07) is 3.34. The van der Waals surface area contributed by atoms with Crippen LogP contribution in [0.3, 0.4) is 0 Å². The van der Waals surface area contributed by atoms with E-state index in [1.165, 1.54) is 0 Å². The molecule has 1 aromatic rings. The molecule has 2 unspecified atom stereocenters. The molecule has 0 aliphatic carbocycles. The molecule has 16 heavy (non-hydrogen) atoms. The number of halogens is 1. The molecule has 0 spiro atoms. The van der Waals surface area contributed by atoms with Gasteiger partial charge < -0.3 is 5.11 Å². The van der Waals surface area contributed by atoms with Crippen LogP contribution in [0.4, 0.5) is 4.39 Å². The van der Waals surface area contributed by atoms with Gasteiger partial charge in [0.05, 0.1) is 21.3 Å². The quantitative estimate of drug-likeness (QED) is 0.885. The van der Waals surface area contributed by atoms with Gasteiger partial charge >= 0.3 is 5.97 Å². The van der Waals surface area contributed by atoms with Crippen LogP contribution in [0.5, 0.6) is 0 Å². The van der Waals surface area contributed by atoms with Crippen molar-refractivity contribution in [1.82, 2.24) is 0 Å². The molecule has 0 amide bonds. The zero-order chi connectivity index (χ0) is 12.3. The molecular formula is C11H13FO3S. The van der Waals surface area contributed by atoms with Gasteiger partial charge in [0.25, 0.3) is 0 Å². The first kappa shape index (κ1) is 12.8. The lowest BCUT2D eigenvalue weighted by Gasteiger charge is -2.10. The minimum absolute atomic E-state index is 0.0331. The highest BCUT2D eigenvalue weighted by atomic mass is 32.2. The van der Waals surface area contributed by atoms with Crippen LogP contribution in [0.25, 0.3) is 0 Å². The van der Waals surface area contributed by atoms with Gasteiger partial charge in [-0.15, -0.1) is 0 Å². The lowest BCUT2D eigenvalue weighted by molar-refractivity contribution is 0.0696. The van der Waals surface area contributed by atoms with Crippen molar-refractivity contribution in [3.8, 4) is 0 Å². The van der Waals surface area contributed by atoms with Crippen molar-refractivity contribution in [3.05, 3.63) is 29.6 Å². The average Bonchev–Trinajstić information content (AvgIpc) is 2.27. The summed E-state index contributed by atoms with van der Waals surface area (Å²) in [5.41, 5.74) is -0.0481. The molecule has 0 fully saturated rings. The van der Waals surface area contributed by atoms with Gasteiger partial charge in [-0.25, -0.2) is 9.18 Å². The molecule has 0 saturated heterocycles. The largest absolute Gasteiger partial charge is 0.478 e. The maximum absolute atomic E-state index is 13.4. The van der Waals surface area contributed by atoms with Gasteiger partial charge in [-0.1, -0.05) is 13.8 Å². The fraction of sp³-hybridized carbons (Fsp3) is 0.364. The Hall–Kier alpha value is -1.23. The van der Waals surface area contributed by atoms with Crippen LogP contribution < -0.4 is 0 Å². The van der Waals surface area contributed by atoms with Crippen molar-refractivity contribution in [1.29, 1.82) is 0 Å². The maximum Gasteiger partial charge on any atom is 0.335 e. The Kier molecular flexibility index (Phi) is 4.18. The van der Waals surface area contributed by atoms with Crippen LogP contribution in [0.2, 0.25) is 0 Å². The third kappa shape index (κ3) is 2.66. The molecule has 1 aromatic carbocycles. The van der Waals surface area contributed by atoms with Gasteiger partial charge in [-0.05, 0) is 24.6 Å². The highest BCUT2D eigenvalue weighted by Crippen LogP contribution is 2.19. The normalized spacial score (nSPS) is 14.4. The van der Waals surface area contributed by atoms with Crippen LogP contribution >= 0.6 is 0 Å². The Morgan fingerprint density at radius 3 is 2.69 bits per heavy atom. The summed E-state index contributed by atoms with van der Waals surface area (Å²) in [6.45, 7) is 3.59. The number of aromatic carboxylic acids is 1. The predicted molar refractivity (Wildman–Crippen MR) is 59.5 cm³/mol. The minimum Gasteiger partial charge on any atom is -0.478 e. The smallest absolute Gasteiger partial charge is 0.335 e. The number of hydrogen-bond donors (Lipinski definition) is 1. The molecule has 0 radical (unpaired) electrons. The van der Waals surface area contributed by atoms with E-state index in [2.05, 4.69) is 0 Å². The third-order valence-electron chi connectivity index (χ3n) is 2.34. The fourth-order valence-corrected chi connectivity index (χ4v) is 2.40. The van der Waals surface area contributed by atoms with Crippen LogP contribution in [0, 0.1) is 5.82 Å². The summed E-state index contributed by atoms with van der Waals surface area (Å²) >= 11 is 0. The molecule has 0 saturated carbocycles. The summed E-state index contributed by atoms with van der Waals surface area (Å²) in [4.78, 5) is 10.7. The topological polar surface area (TPSA) is 54.4 Å². The van der Waals surface area contributed by atoms with E-state index in [1.807, 2.05) is 6.92 Å². The lowest BCUT2D eigenvalue weighted by Crippen LogP contribution is -2.12. The SMILES string of the molecule is CCC(C)S(=O)c1cc(C(=O)O)ccc1F. The number of hydrogen-bond acceptors (Lipinski definition) is 2. The molecule has 88 valence electrons. The van der Waals surface area contributed by atoms with E-state index < -0.39 is 22.6 Å². The summed E-state index contributed by atoms with van der Waals surface area (Å²) in [5.74, 6) is -1.77. The first-order valence-corrected chi connectivity index (χ1v) is 6.12. The van der Waals surface area contributed by atoms with E-state index in [-0.39, 0.29) is 15.7 Å². The van der Waals surface area contributed by atoms with Crippen LogP contribution in [-0.2, 0) is 10.8 Å². The second-order valence-corrected chi connectivity index (χ2v) is 5.31. The molecule has 3 nitrogen and oxygen atoms in total. The van der Waals surface area contributed by atoms with Crippen LogP contribution in [-0.4, -0.2) is 20.5 Å². The van der Waals surface area contributed by atoms with Crippen LogP contribution in [0.1, 0.15) is 30.6 Å². The Labute approximate surface area is 95.8 Å². The van der Waals surface area contributed by atoms with Gasteiger partial charge in [0.2, 0.25) is 0 Å². The number of benzene rings is 1. The van der Waals surface area contributed by atoms with Gasteiger partial charge in [0.15, 0.2) is 0 Å². The van der Waals surface area contributed by atoms with Gasteiger partial charge in [0.1, 0.15) is 5.82 Å². The number of carboxylic acids is 1. The van der Waals surface area contributed by atoms with E-state index in [1.54, 1.807) is 6.92 Å². The zero-order valence-electron chi connectivity index (χ0n) is 9.07. The number of carboxylic acid groups (broad SMARTS) is 1. The molecule has 0 aliphatic rings. The van der Waals surface area contributed by atoms with E-state index in [4.69, 9.17) is 5.11 Å². The lowest BCUT2D eigenvalue weighted by atomic mass is 10.2. The van der Waals surface area contributed by atoms with E-state index in [0.717, 1.165) is 18.2 Å². The van der Waals surface area contributed by atoms with E-state index in [0.29, 0.717) is 6.42 Å². The van der Waals surface area contributed by atoms with Gasteiger partial charge in [-0.3, -0.25) is 4.21 Å². The maximum atomic E-state index is 13.4. The van der Waals surface area contributed by atoms with Crippen molar-refractivity contribution < 1.29 is 18.5 Å². The Balaban J connectivity index is 3.17. The molecule has 0 bridgehead atoms. The van der Waals surface area contributed by atoms with Crippen molar-refractivity contribution in [2.24, 2.45) is 0 Å². The second kappa shape index (κ2) is 5.21. The van der Waals surface area contributed by atoms with Gasteiger partial charge in [0, 0.05) is 5.25 Å². The molecule has 0 heterocycles. The minimum atomic E-state index is -1.50. The Morgan fingerprint density at radius 2 is 2.19 bits per heavy atom. The van der Waals surface area contributed by atoms with Crippen molar-refractivity contribution >= 4 is 16.8 Å². The van der Waals surface area contributed by atoms with Crippen molar-refractivity contribution in [2.45, 2.75) is 30.4 Å². The highest BCUT2D eigenvalue weighted by molar-refractivity contribution is 7.85. The highest BCUT2D eigenvalue weighted by Gasteiger charge is 2.17. The van der Waals surface area contributed by atoms with E-state index >= 15 is 0 Å². The number of carbonyl (C=O) groups is 1. The van der Waals surface area contributed by atoms with Crippen molar-refractivity contribution in [2.75, 3.05) is 0 Å². The summed E-state index contributed by atoms with van der Waals surface area (Å²) < 4.78 is 25.2. The summed E-state index contributed by atoms with van der Waals surface area (Å²) in [7, 11) is -1.50. The predicted octanol–water partition coefficient (Wildman–Crippen LogP) is 2.43. The first-order chi connectivity index (χ1) is 7.47. The Bertz CT molecular complexity index is 431. The molecule has 1 N–H and O–H groups in total. The molecule has 5 heteroatoms. The first-order valence-electron chi connectivity index (χ1n) is 4.90. The summed E-state index contributed by atoms with van der Waals surface area (Å²) in [5, 5.41) is 8.56. The molecule has 2 atom stereocenters. The average molecular weight is 244 g/mol. The van der Waals surface area contributed by atoms with Crippen LogP contribution in [0.15, 0.2) is 23.1 Å². The molecule has 0 aliphatic heterocycles. The monoisotopic (exact) mass is 244 g/mol. The standard InChI is InChI=1S/C11H13FO3S/c1-3-7(2)16(15)10-6-8(11(13)14)4-5-9(10)12/h4-7H,3H2,1-2H3,(H,13,14). The number of rotatable bonds is 4. The molecule has 1 rings (SSSR count). The Morgan fingerprint density at radius 1 is 1.56 bits per heavy atom. The third-order valence-corrected chi connectivity index (χ3v) is 4.15. The van der Waals surface area contributed by atoms with E-state index in [9.17, 15) is 13.4 Å².